The number of β-amino-alcohol motifs (C(OH)–C–C–N with tert-alkyl or cyclic N) is 1. The molecule has 0 unspecified atom stereocenters. The minimum atomic E-state index is -0.656. The summed E-state index contributed by atoms with van der Waals surface area (Å²) in [5.41, 5.74) is -0.656. The molecular weight excluding hydrogens is 168 g/mol. The second-order valence-corrected chi connectivity index (χ2v) is 4.43. The maximum absolute atomic E-state index is 11.4. The molecule has 1 heterocycles. The highest BCUT2D eigenvalue weighted by Crippen LogP contribution is 2.22. The normalized spacial score (nSPS) is 26.2. The summed E-state index contributed by atoms with van der Waals surface area (Å²) in [6.45, 7) is 2.68. The smallest absolute Gasteiger partial charge is 0.317 e. The number of aliphatic hydroxyl groups is 1. The van der Waals surface area contributed by atoms with E-state index in [1.807, 2.05) is 0 Å². The summed E-state index contributed by atoms with van der Waals surface area (Å²) >= 11 is 0. The Morgan fingerprint density at radius 1 is 1.54 bits per heavy atom. The van der Waals surface area contributed by atoms with Gasteiger partial charge in [0.1, 0.15) is 0 Å². The first kappa shape index (κ1) is 8.81. The van der Waals surface area contributed by atoms with Crippen molar-refractivity contribution in [3.63, 3.8) is 0 Å². The number of urea groups is 1. The third kappa shape index (κ3) is 1.77. The van der Waals surface area contributed by atoms with Crippen LogP contribution in [0.3, 0.4) is 0 Å². The number of amides is 2. The van der Waals surface area contributed by atoms with E-state index in [-0.39, 0.29) is 6.03 Å². The van der Waals surface area contributed by atoms with E-state index in [4.69, 9.17) is 0 Å². The number of hydrogen-bond donors (Lipinski definition) is 2. The zero-order valence-corrected chi connectivity index (χ0v) is 7.92. The van der Waals surface area contributed by atoms with E-state index < -0.39 is 5.60 Å². The lowest BCUT2D eigenvalue weighted by molar-refractivity contribution is -0.0614. The van der Waals surface area contributed by atoms with Crippen LogP contribution in [0.15, 0.2) is 0 Å². The number of carbonyl (C=O) groups is 1. The van der Waals surface area contributed by atoms with Crippen molar-refractivity contribution in [3.8, 4) is 0 Å². The van der Waals surface area contributed by atoms with Crippen molar-refractivity contribution >= 4 is 6.03 Å². The van der Waals surface area contributed by atoms with Crippen molar-refractivity contribution in [2.75, 3.05) is 13.1 Å². The third-order valence-corrected chi connectivity index (χ3v) is 2.78. The molecule has 13 heavy (non-hydrogen) atoms. The summed E-state index contributed by atoms with van der Waals surface area (Å²) in [6.07, 6.45) is 3.44. The number of nitrogens with zero attached hydrogens (tertiary/aromatic N) is 1. The molecule has 2 N–H and O–H groups in total. The lowest BCUT2D eigenvalue weighted by Crippen LogP contribution is -2.64. The van der Waals surface area contributed by atoms with Crippen LogP contribution in [0.2, 0.25) is 0 Å². The number of hydrogen-bond acceptors (Lipinski definition) is 2. The zero-order chi connectivity index (χ0) is 9.47. The Balaban J connectivity index is 1.73. The maximum Gasteiger partial charge on any atom is 0.317 e. The Morgan fingerprint density at radius 2 is 2.15 bits per heavy atom. The van der Waals surface area contributed by atoms with Gasteiger partial charge in [0.15, 0.2) is 0 Å². The van der Waals surface area contributed by atoms with Crippen LogP contribution >= 0.6 is 0 Å². The molecule has 2 fully saturated rings. The molecule has 0 aromatic rings. The minimum Gasteiger partial charge on any atom is -0.386 e. The Morgan fingerprint density at radius 3 is 2.54 bits per heavy atom. The van der Waals surface area contributed by atoms with Gasteiger partial charge in [0.25, 0.3) is 0 Å². The Hall–Kier alpha value is -0.770. The molecule has 0 bridgehead atoms. The van der Waals surface area contributed by atoms with E-state index in [0.29, 0.717) is 19.1 Å². The first-order valence-corrected chi connectivity index (χ1v) is 4.85. The van der Waals surface area contributed by atoms with Crippen LogP contribution in [-0.2, 0) is 0 Å². The van der Waals surface area contributed by atoms with Crippen molar-refractivity contribution in [2.45, 2.75) is 37.8 Å². The molecule has 1 saturated carbocycles. The summed E-state index contributed by atoms with van der Waals surface area (Å²) in [7, 11) is 0. The average molecular weight is 184 g/mol. The highest BCUT2D eigenvalue weighted by atomic mass is 16.3. The standard InChI is InChI=1S/C9H16N2O2/c1-9(13)5-11(6-9)8(12)10-7-3-2-4-7/h7,13H,2-6H2,1H3,(H,10,12). The number of carbonyl (C=O) groups excluding carboxylic acids is 1. The van der Waals surface area contributed by atoms with Crippen LogP contribution in [0.4, 0.5) is 4.79 Å². The van der Waals surface area contributed by atoms with Crippen LogP contribution in [-0.4, -0.2) is 40.8 Å². The molecule has 74 valence electrons. The predicted octanol–water partition coefficient (Wildman–Crippen LogP) is 0.315. The lowest BCUT2D eigenvalue weighted by Gasteiger charge is -2.45. The molecule has 0 radical (unpaired) electrons. The van der Waals surface area contributed by atoms with Crippen LogP contribution < -0.4 is 5.32 Å². The van der Waals surface area contributed by atoms with Crippen molar-refractivity contribution < 1.29 is 9.90 Å². The quantitative estimate of drug-likeness (QED) is 0.616. The van der Waals surface area contributed by atoms with Gasteiger partial charge in [0.05, 0.1) is 18.7 Å². The van der Waals surface area contributed by atoms with Gasteiger partial charge in [-0.2, -0.15) is 0 Å². The van der Waals surface area contributed by atoms with E-state index in [9.17, 15) is 9.90 Å². The SMILES string of the molecule is CC1(O)CN(C(=O)NC2CCC2)C1. The molecule has 0 atom stereocenters. The van der Waals surface area contributed by atoms with E-state index >= 15 is 0 Å². The van der Waals surface area contributed by atoms with Crippen LogP contribution in [0, 0.1) is 0 Å². The van der Waals surface area contributed by atoms with Crippen molar-refractivity contribution in [3.05, 3.63) is 0 Å². The van der Waals surface area contributed by atoms with Crippen molar-refractivity contribution in [1.82, 2.24) is 10.2 Å². The van der Waals surface area contributed by atoms with E-state index in [2.05, 4.69) is 5.32 Å². The predicted molar refractivity (Wildman–Crippen MR) is 48.4 cm³/mol. The second kappa shape index (κ2) is 2.87. The maximum atomic E-state index is 11.4. The van der Waals surface area contributed by atoms with Gasteiger partial charge in [-0.25, -0.2) is 4.79 Å². The fourth-order valence-corrected chi connectivity index (χ4v) is 1.74. The van der Waals surface area contributed by atoms with E-state index in [1.165, 1.54) is 6.42 Å². The van der Waals surface area contributed by atoms with Gasteiger partial charge in [-0.05, 0) is 26.2 Å². The van der Waals surface area contributed by atoms with Crippen molar-refractivity contribution in [1.29, 1.82) is 0 Å². The molecule has 2 rings (SSSR count). The van der Waals surface area contributed by atoms with Crippen molar-refractivity contribution in [2.24, 2.45) is 0 Å². The van der Waals surface area contributed by atoms with Gasteiger partial charge in [-0.1, -0.05) is 0 Å². The highest BCUT2D eigenvalue weighted by molar-refractivity contribution is 5.75. The zero-order valence-electron chi connectivity index (χ0n) is 7.92. The molecule has 2 amide bonds. The first-order valence-electron chi connectivity index (χ1n) is 4.85. The molecule has 2 aliphatic rings. The molecule has 1 aliphatic carbocycles. The molecule has 1 saturated heterocycles. The highest BCUT2D eigenvalue weighted by Gasteiger charge is 2.40. The monoisotopic (exact) mass is 184 g/mol. The number of rotatable bonds is 1. The number of likely N-dealkylation sites (tertiary alicyclic amines) is 1. The van der Waals surface area contributed by atoms with Gasteiger partial charge in [-0.3, -0.25) is 0 Å². The van der Waals surface area contributed by atoms with Gasteiger partial charge in [-0.15, -0.1) is 0 Å². The van der Waals surface area contributed by atoms with Gasteiger partial charge < -0.3 is 15.3 Å². The van der Waals surface area contributed by atoms with Crippen LogP contribution in [0.25, 0.3) is 0 Å². The fourth-order valence-electron chi connectivity index (χ4n) is 1.74. The average Bonchev–Trinajstić information content (AvgIpc) is 1.91. The number of nitrogens with one attached hydrogen (secondary N) is 1. The van der Waals surface area contributed by atoms with E-state index in [0.717, 1.165) is 12.8 Å². The summed E-state index contributed by atoms with van der Waals surface area (Å²) < 4.78 is 0. The first-order chi connectivity index (χ1) is 6.07. The fraction of sp³-hybridized carbons (Fsp3) is 0.889. The molecule has 4 nitrogen and oxygen atoms in total. The molecule has 0 aromatic carbocycles. The van der Waals surface area contributed by atoms with Crippen LogP contribution in [0.1, 0.15) is 26.2 Å². The minimum absolute atomic E-state index is 0.0174. The second-order valence-electron chi connectivity index (χ2n) is 4.43. The topological polar surface area (TPSA) is 52.6 Å². The summed E-state index contributed by atoms with van der Waals surface area (Å²) in [4.78, 5) is 13.1. The largest absolute Gasteiger partial charge is 0.386 e. The molecule has 1 aliphatic heterocycles. The van der Waals surface area contributed by atoms with Gasteiger partial charge in [0.2, 0.25) is 0 Å². The molecular formula is C9H16N2O2. The Kier molecular flexibility index (Phi) is 1.95. The lowest BCUT2D eigenvalue weighted by atomic mass is 9.93. The Labute approximate surface area is 77.9 Å². The molecule has 0 aromatic heterocycles. The summed E-state index contributed by atoms with van der Waals surface area (Å²) in [6, 6.07) is 0.370. The van der Waals surface area contributed by atoms with Gasteiger partial charge >= 0.3 is 6.03 Å². The Bertz CT molecular complexity index is 216. The molecule has 4 heteroatoms. The van der Waals surface area contributed by atoms with E-state index in [1.54, 1.807) is 11.8 Å². The summed E-state index contributed by atoms with van der Waals surface area (Å²) in [5, 5.41) is 12.3. The van der Waals surface area contributed by atoms with Crippen LogP contribution in [0.5, 0.6) is 0 Å². The third-order valence-electron chi connectivity index (χ3n) is 2.78. The summed E-state index contributed by atoms with van der Waals surface area (Å²) in [5.74, 6) is 0. The molecule has 0 spiro atoms. The van der Waals surface area contributed by atoms with Gasteiger partial charge in [0, 0.05) is 6.04 Å².